The van der Waals surface area contributed by atoms with Crippen LogP contribution < -0.4 is 5.73 Å². The van der Waals surface area contributed by atoms with Gasteiger partial charge in [-0.1, -0.05) is 60.7 Å². The van der Waals surface area contributed by atoms with Gasteiger partial charge in [0.25, 0.3) is 5.91 Å². The number of H-pyrrole nitrogens is 1. The van der Waals surface area contributed by atoms with Crippen LogP contribution in [0.3, 0.4) is 0 Å². The van der Waals surface area contributed by atoms with Gasteiger partial charge in [0.15, 0.2) is 0 Å². The van der Waals surface area contributed by atoms with Gasteiger partial charge in [0.1, 0.15) is 5.69 Å². The molecule has 0 bridgehead atoms. The van der Waals surface area contributed by atoms with Gasteiger partial charge in [-0.25, -0.2) is 0 Å². The maximum absolute atomic E-state index is 12.8. The van der Waals surface area contributed by atoms with E-state index in [1.807, 2.05) is 48.5 Å². The van der Waals surface area contributed by atoms with Crippen molar-refractivity contribution in [1.82, 2.24) is 15.1 Å². The number of nitrogen functional groups attached to an aromatic ring is 1. The highest BCUT2D eigenvalue weighted by Crippen LogP contribution is 2.14. The number of benzene rings is 2. The first kappa shape index (κ1) is 15.8. The lowest BCUT2D eigenvalue weighted by Crippen LogP contribution is -2.33. The fourth-order valence-corrected chi connectivity index (χ4v) is 2.59. The van der Waals surface area contributed by atoms with Crippen LogP contribution in [0.15, 0.2) is 66.9 Å². The Hall–Kier alpha value is -3.08. The summed E-state index contributed by atoms with van der Waals surface area (Å²) in [7, 11) is 0. The van der Waals surface area contributed by atoms with Gasteiger partial charge in [-0.05, 0) is 17.5 Å². The number of carbonyl (C=O) groups excluding carboxylic acids is 1. The fraction of sp³-hybridized carbons (Fsp3) is 0.158. The summed E-state index contributed by atoms with van der Waals surface area (Å²) in [6, 6.07) is 20.1. The largest absolute Gasteiger partial charge is 0.396 e. The second-order valence-corrected chi connectivity index (χ2v) is 5.65. The first-order chi connectivity index (χ1) is 11.7. The van der Waals surface area contributed by atoms with Gasteiger partial charge >= 0.3 is 0 Å². The molecule has 0 aliphatic carbocycles. The fourth-order valence-electron chi connectivity index (χ4n) is 2.59. The quantitative estimate of drug-likeness (QED) is 0.733. The first-order valence-corrected chi connectivity index (χ1v) is 7.90. The summed E-state index contributed by atoms with van der Waals surface area (Å²) < 4.78 is 0. The molecule has 122 valence electrons. The van der Waals surface area contributed by atoms with E-state index in [1.165, 1.54) is 11.8 Å². The highest BCUT2D eigenvalue weighted by atomic mass is 16.2. The van der Waals surface area contributed by atoms with E-state index in [9.17, 15) is 4.79 Å². The predicted octanol–water partition coefficient (Wildman–Crippen LogP) is 2.88. The molecule has 24 heavy (non-hydrogen) atoms. The zero-order chi connectivity index (χ0) is 16.8. The van der Waals surface area contributed by atoms with Crippen LogP contribution in [0, 0.1) is 0 Å². The minimum absolute atomic E-state index is 0.134. The number of anilines is 1. The van der Waals surface area contributed by atoms with Crippen molar-refractivity contribution in [2.45, 2.75) is 13.0 Å². The lowest BCUT2D eigenvalue weighted by atomic mass is 10.1. The molecule has 5 nitrogen and oxygen atoms in total. The van der Waals surface area contributed by atoms with Crippen molar-refractivity contribution in [2.75, 3.05) is 12.3 Å². The van der Waals surface area contributed by atoms with Gasteiger partial charge in [0.2, 0.25) is 0 Å². The van der Waals surface area contributed by atoms with E-state index in [1.54, 1.807) is 4.90 Å². The van der Waals surface area contributed by atoms with Crippen molar-refractivity contribution >= 4 is 11.6 Å². The summed E-state index contributed by atoms with van der Waals surface area (Å²) >= 11 is 0. The Morgan fingerprint density at radius 1 is 1.00 bits per heavy atom. The maximum Gasteiger partial charge on any atom is 0.274 e. The minimum atomic E-state index is -0.134. The lowest BCUT2D eigenvalue weighted by molar-refractivity contribution is 0.0740. The number of hydrogen-bond acceptors (Lipinski definition) is 3. The van der Waals surface area contributed by atoms with Crippen LogP contribution in [-0.2, 0) is 13.0 Å². The first-order valence-electron chi connectivity index (χ1n) is 7.90. The average molecular weight is 320 g/mol. The van der Waals surface area contributed by atoms with Crippen molar-refractivity contribution in [3.05, 3.63) is 83.7 Å². The molecule has 0 aliphatic heterocycles. The summed E-state index contributed by atoms with van der Waals surface area (Å²) in [4.78, 5) is 14.6. The summed E-state index contributed by atoms with van der Waals surface area (Å²) in [6.45, 7) is 1.14. The number of rotatable bonds is 6. The molecule has 5 heteroatoms. The Morgan fingerprint density at radius 2 is 1.62 bits per heavy atom. The van der Waals surface area contributed by atoms with Crippen LogP contribution in [0.1, 0.15) is 21.6 Å². The summed E-state index contributed by atoms with van der Waals surface area (Å²) in [5, 5.41) is 6.56. The van der Waals surface area contributed by atoms with Crippen molar-refractivity contribution < 1.29 is 4.79 Å². The predicted molar refractivity (Wildman–Crippen MR) is 94.3 cm³/mol. The summed E-state index contributed by atoms with van der Waals surface area (Å²) in [6.07, 6.45) is 2.25. The Balaban J connectivity index is 1.78. The van der Waals surface area contributed by atoms with Gasteiger partial charge in [-0.3, -0.25) is 9.89 Å². The third-order valence-corrected chi connectivity index (χ3v) is 3.90. The van der Waals surface area contributed by atoms with E-state index < -0.39 is 0 Å². The third kappa shape index (κ3) is 3.81. The Morgan fingerprint density at radius 3 is 2.21 bits per heavy atom. The van der Waals surface area contributed by atoms with E-state index in [4.69, 9.17) is 5.73 Å². The molecule has 0 saturated carbocycles. The van der Waals surface area contributed by atoms with E-state index in [2.05, 4.69) is 22.3 Å². The van der Waals surface area contributed by atoms with Crippen molar-refractivity contribution in [3.63, 3.8) is 0 Å². The van der Waals surface area contributed by atoms with Crippen LogP contribution in [0.4, 0.5) is 5.69 Å². The number of nitrogens with two attached hydrogens (primary N) is 1. The number of nitrogens with one attached hydrogen (secondary N) is 1. The van der Waals surface area contributed by atoms with Gasteiger partial charge < -0.3 is 10.6 Å². The SMILES string of the molecule is Nc1cn[nH]c1C(=O)N(CCc1ccccc1)Cc1ccccc1. The van der Waals surface area contributed by atoms with E-state index in [0.717, 1.165) is 12.0 Å². The summed E-state index contributed by atoms with van der Waals surface area (Å²) in [5.41, 5.74) is 8.83. The number of aromatic nitrogens is 2. The summed E-state index contributed by atoms with van der Waals surface area (Å²) in [5.74, 6) is -0.134. The molecular weight excluding hydrogens is 300 g/mol. The molecule has 0 saturated heterocycles. The van der Waals surface area contributed by atoms with Gasteiger partial charge in [0, 0.05) is 13.1 Å². The molecule has 1 amide bonds. The zero-order valence-electron chi connectivity index (χ0n) is 13.4. The van der Waals surface area contributed by atoms with Crippen LogP contribution >= 0.6 is 0 Å². The number of amides is 1. The van der Waals surface area contributed by atoms with Gasteiger partial charge in [-0.15, -0.1) is 0 Å². The molecule has 0 radical (unpaired) electrons. The monoisotopic (exact) mass is 320 g/mol. The number of hydrogen-bond donors (Lipinski definition) is 2. The standard InChI is InChI=1S/C19H20N4O/c20-17-13-21-22-18(17)19(24)23(14-16-9-5-2-6-10-16)12-11-15-7-3-1-4-8-15/h1-10,13H,11-12,14,20H2,(H,21,22). The van der Waals surface area contributed by atoms with Crippen LogP contribution in [0.5, 0.6) is 0 Å². The smallest absolute Gasteiger partial charge is 0.274 e. The molecule has 0 aliphatic rings. The number of aromatic amines is 1. The highest BCUT2D eigenvalue weighted by molar-refractivity contribution is 5.96. The molecular formula is C19H20N4O. The van der Waals surface area contributed by atoms with Gasteiger partial charge in [0.05, 0.1) is 11.9 Å². The molecule has 3 aromatic rings. The maximum atomic E-state index is 12.8. The Bertz CT molecular complexity index is 783. The second kappa shape index (κ2) is 7.46. The topological polar surface area (TPSA) is 75.0 Å². The van der Waals surface area contributed by atoms with Crippen LogP contribution in [0.2, 0.25) is 0 Å². The molecule has 0 spiro atoms. The molecule has 3 rings (SSSR count). The second-order valence-electron chi connectivity index (χ2n) is 5.65. The van der Waals surface area contributed by atoms with Crippen LogP contribution in [0.25, 0.3) is 0 Å². The average Bonchev–Trinajstić information content (AvgIpc) is 3.06. The molecule has 0 atom stereocenters. The molecule has 1 heterocycles. The molecule has 0 fully saturated rings. The van der Waals surface area contributed by atoms with E-state index in [0.29, 0.717) is 24.5 Å². The van der Waals surface area contributed by atoms with Crippen molar-refractivity contribution in [1.29, 1.82) is 0 Å². The normalized spacial score (nSPS) is 10.5. The number of carbonyl (C=O) groups is 1. The molecule has 1 aromatic heterocycles. The van der Waals surface area contributed by atoms with E-state index in [-0.39, 0.29) is 5.91 Å². The van der Waals surface area contributed by atoms with Crippen molar-refractivity contribution in [3.8, 4) is 0 Å². The van der Waals surface area contributed by atoms with E-state index >= 15 is 0 Å². The third-order valence-electron chi connectivity index (χ3n) is 3.90. The Kier molecular flexibility index (Phi) is 4.91. The molecule has 0 unspecified atom stereocenters. The van der Waals surface area contributed by atoms with Crippen LogP contribution in [-0.4, -0.2) is 27.5 Å². The van der Waals surface area contributed by atoms with Gasteiger partial charge in [-0.2, -0.15) is 5.10 Å². The molecule has 2 aromatic carbocycles. The minimum Gasteiger partial charge on any atom is -0.396 e. The van der Waals surface area contributed by atoms with Crippen molar-refractivity contribution in [2.24, 2.45) is 0 Å². The molecule has 3 N–H and O–H groups in total. The zero-order valence-corrected chi connectivity index (χ0v) is 13.4. The number of nitrogens with zero attached hydrogens (tertiary/aromatic N) is 2. The highest BCUT2D eigenvalue weighted by Gasteiger charge is 2.20. The lowest BCUT2D eigenvalue weighted by Gasteiger charge is -2.22. The Labute approximate surface area is 141 Å².